The Labute approximate surface area is 117 Å². The average Bonchev–Trinajstić information content (AvgIpc) is 2.36. The normalized spacial score (nSPS) is 31.0. The SMILES string of the molecule is CCC1(C)NC(=O)C(C)N(CCC(C)S(C)=O)C1=O. The van der Waals surface area contributed by atoms with Crippen molar-refractivity contribution in [1.82, 2.24) is 10.2 Å². The highest BCUT2D eigenvalue weighted by atomic mass is 32.2. The van der Waals surface area contributed by atoms with E-state index in [-0.39, 0.29) is 17.1 Å². The summed E-state index contributed by atoms with van der Waals surface area (Å²) in [7, 11) is -0.905. The van der Waals surface area contributed by atoms with Gasteiger partial charge in [0.25, 0.3) is 0 Å². The maximum absolute atomic E-state index is 12.5. The summed E-state index contributed by atoms with van der Waals surface area (Å²) in [6.07, 6.45) is 2.87. The summed E-state index contributed by atoms with van der Waals surface area (Å²) >= 11 is 0. The zero-order chi connectivity index (χ0) is 14.8. The van der Waals surface area contributed by atoms with Crippen molar-refractivity contribution >= 4 is 22.6 Å². The van der Waals surface area contributed by atoms with Crippen LogP contribution in [0, 0.1) is 0 Å². The first-order valence-electron chi connectivity index (χ1n) is 6.68. The van der Waals surface area contributed by atoms with Crippen LogP contribution in [0.3, 0.4) is 0 Å². The molecule has 6 heteroatoms. The summed E-state index contributed by atoms with van der Waals surface area (Å²) in [6, 6.07) is -0.454. The molecule has 1 heterocycles. The highest BCUT2D eigenvalue weighted by Gasteiger charge is 2.45. The fraction of sp³-hybridized carbons (Fsp3) is 0.846. The van der Waals surface area contributed by atoms with Crippen molar-refractivity contribution in [2.75, 3.05) is 12.8 Å². The van der Waals surface area contributed by atoms with E-state index in [1.165, 1.54) is 0 Å². The number of nitrogens with one attached hydrogen (secondary N) is 1. The molecular weight excluding hydrogens is 264 g/mol. The third-order valence-electron chi connectivity index (χ3n) is 4.03. The van der Waals surface area contributed by atoms with Gasteiger partial charge in [0.05, 0.1) is 0 Å². The van der Waals surface area contributed by atoms with Crippen molar-refractivity contribution in [1.29, 1.82) is 0 Å². The minimum Gasteiger partial charge on any atom is -0.340 e. The average molecular weight is 288 g/mol. The Balaban J connectivity index is 2.81. The lowest BCUT2D eigenvalue weighted by Gasteiger charge is -2.43. The molecule has 1 N–H and O–H groups in total. The van der Waals surface area contributed by atoms with Crippen LogP contribution < -0.4 is 5.32 Å². The van der Waals surface area contributed by atoms with Gasteiger partial charge in [0, 0.05) is 28.9 Å². The molecule has 0 aliphatic carbocycles. The first-order valence-corrected chi connectivity index (χ1v) is 8.30. The molecule has 1 saturated heterocycles. The summed E-state index contributed by atoms with van der Waals surface area (Å²) in [5.74, 6) is -0.162. The Morgan fingerprint density at radius 3 is 2.53 bits per heavy atom. The molecule has 4 atom stereocenters. The molecule has 0 radical (unpaired) electrons. The summed E-state index contributed by atoms with van der Waals surface area (Å²) in [5.41, 5.74) is -0.807. The van der Waals surface area contributed by atoms with Crippen LogP contribution in [0.15, 0.2) is 0 Å². The van der Waals surface area contributed by atoms with Gasteiger partial charge in [-0.1, -0.05) is 13.8 Å². The predicted molar refractivity (Wildman–Crippen MR) is 76.2 cm³/mol. The number of nitrogens with zero attached hydrogens (tertiary/aromatic N) is 1. The van der Waals surface area contributed by atoms with E-state index in [1.54, 1.807) is 25.0 Å². The van der Waals surface area contributed by atoms with E-state index in [0.717, 1.165) is 0 Å². The first-order chi connectivity index (χ1) is 8.73. The molecule has 2 amide bonds. The van der Waals surface area contributed by atoms with E-state index < -0.39 is 22.4 Å². The Morgan fingerprint density at radius 1 is 1.47 bits per heavy atom. The molecule has 0 saturated carbocycles. The molecule has 1 aliphatic heterocycles. The van der Waals surface area contributed by atoms with Crippen molar-refractivity contribution in [3.05, 3.63) is 0 Å². The van der Waals surface area contributed by atoms with Crippen LogP contribution >= 0.6 is 0 Å². The van der Waals surface area contributed by atoms with Crippen molar-refractivity contribution in [2.24, 2.45) is 0 Å². The topological polar surface area (TPSA) is 66.5 Å². The van der Waals surface area contributed by atoms with Crippen LogP contribution in [0.1, 0.15) is 40.5 Å². The van der Waals surface area contributed by atoms with Gasteiger partial charge >= 0.3 is 0 Å². The molecule has 5 nitrogen and oxygen atoms in total. The van der Waals surface area contributed by atoms with E-state index in [2.05, 4.69) is 5.32 Å². The van der Waals surface area contributed by atoms with E-state index in [1.807, 2.05) is 13.8 Å². The molecule has 0 bridgehead atoms. The third kappa shape index (κ3) is 3.35. The summed E-state index contributed by atoms with van der Waals surface area (Å²) in [4.78, 5) is 26.0. The number of piperazine rings is 1. The largest absolute Gasteiger partial charge is 0.340 e. The van der Waals surface area contributed by atoms with Crippen molar-refractivity contribution in [2.45, 2.75) is 57.4 Å². The van der Waals surface area contributed by atoms with Crippen LogP contribution in [-0.2, 0) is 20.4 Å². The molecule has 1 aliphatic rings. The number of carbonyl (C=O) groups is 2. The Bertz CT molecular complexity index is 399. The van der Waals surface area contributed by atoms with Gasteiger partial charge in [-0.25, -0.2) is 0 Å². The number of rotatable bonds is 5. The molecule has 110 valence electrons. The minimum absolute atomic E-state index is 0.0258. The lowest BCUT2D eigenvalue weighted by molar-refractivity contribution is -0.153. The standard InChI is InChI=1S/C13H24N2O3S/c1-6-13(4)12(17)15(10(3)11(16)14-13)8-7-9(2)19(5)18/h9-10H,6-8H2,1-5H3,(H,14,16). The quantitative estimate of drug-likeness (QED) is 0.808. The summed E-state index contributed by atoms with van der Waals surface area (Å²) in [5, 5.41) is 2.82. The van der Waals surface area contributed by atoms with Gasteiger partial charge in [-0.05, 0) is 26.7 Å². The van der Waals surface area contributed by atoms with Crippen LogP contribution in [0.5, 0.6) is 0 Å². The van der Waals surface area contributed by atoms with Crippen LogP contribution in [0.4, 0.5) is 0 Å². The molecular formula is C13H24N2O3S. The second-order valence-corrected chi connectivity index (χ2v) is 7.25. The van der Waals surface area contributed by atoms with Crippen LogP contribution in [0.2, 0.25) is 0 Å². The second-order valence-electron chi connectivity index (χ2n) is 5.45. The summed E-state index contributed by atoms with van der Waals surface area (Å²) in [6.45, 7) is 7.75. The molecule has 1 fully saturated rings. The van der Waals surface area contributed by atoms with Gasteiger partial charge in [-0.2, -0.15) is 0 Å². The van der Waals surface area contributed by atoms with Gasteiger partial charge in [-0.3, -0.25) is 13.8 Å². The highest BCUT2D eigenvalue weighted by Crippen LogP contribution is 2.22. The van der Waals surface area contributed by atoms with Gasteiger partial charge < -0.3 is 10.2 Å². The van der Waals surface area contributed by atoms with Crippen LogP contribution in [0.25, 0.3) is 0 Å². The molecule has 1 rings (SSSR count). The number of hydrogen-bond acceptors (Lipinski definition) is 3. The Morgan fingerprint density at radius 2 is 2.05 bits per heavy atom. The summed E-state index contributed by atoms with van der Waals surface area (Å²) < 4.78 is 11.4. The van der Waals surface area contributed by atoms with Crippen molar-refractivity contribution in [3.8, 4) is 0 Å². The lowest BCUT2D eigenvalue weighted by atomic mass is 9.92. The number of carbonyl (C=O) groups excluding carboxylic acids is 2. The Hall–Kier alpha value is -0.910. The molecule has 0 aromatic carbocycles. The maximum atomic E-state index is 12.5. The van der Waals surface area contributed by atoms with E-state index >= 15 is 0 Å². The number of hydrogen-bond donors (Lipinski definition) is 1. The van der Waals surface area contributed by atoms with E-state index in [9.17, 15) is 13.8 Å². The maximum Gasteiger partial charge on any atom is 0.248 e. The van der Waals surface area contributed by atoms with Gasteiger partial charge in [0.1, 0.15) is 11.6 Å². The van der Waals surface area contributed by atoms with Gasteiger partial charge in [-0.15, -0.1) is 0 Å². The first kappa shape index (κ1) is 16.1. The second kappa shape index (κ2) is 6.03. The fourth-order valence-corrected chi connectivity index (χ4v) is 2.52. The zero-order valence-electron chi connectivity index (χ0n) is 12.4. The van der Waals surface area contributed by atoms with Crippen molar-refractivity contribution in [3.63, 3.8) is 0 Å². The van der Waals surface area contributed by atoms with Gasteiger partial charge in [0.15, 0.2) is 0 Å². The predicted octanol–water partition coefficient (Wildman–Crippen LogP) is 0.659. The smallest absolute Gasteiger partial charge is 0.248 e. The monoisotopic (exact) mass is 288 g/mol. The fourth-order valence-electron chi connectivity index (χ4n) is 2.09. The third-order valence-corrected chi connectivity index (χ3v) is 5.40. The molecule has 0 spiro atoms. The highest BCUT2D eigenvalue weighted by molar-refractivity contribution is 7.84. The molecule has 0 aromatic rings. The van der Waals surface area contributed by atoms with E-state index in [4.69, 9.17) is 0 Å². The zero-order valence-corrected chi connectivity index (χ0v) is 13.2. The minimum atomic E-state index is -0.905. The number of amides is 2. The lowest BCUT2D eigenvalue weighted by Crippen LogP contribution is -2.68. The molecule has 4 unspecified atom stereocenters. The van der Waals surface area contributed by atoms with E-state index in [0.29, 0.717) is 19.4 Å². The molecule has 0 aromatic heterocycles. The molecule has 19 heavy (non-hydrogen) atoms. The van der Waals surface area contributed by atoms with Gasteiger partial charge in [0.2, 0.25) is 11.8 Å². The van der Waals surface area contributed by atoms with Crippen LogP contribution in [-0.4, -0.2) is 50.6 Å². The Kier molecular flexibility index (Phi) is 5.12. The van der Waals surface area contributed by atoms with Crippen molar-refractivity contribution < 1.29 is 13.8 Å².